The van der Waals surface area contributed by atoms with Gasteiger partial charge in [0, 0.05) is 61.6 Å². The molecular weight excluding hydrogens is 414 g/mol. The van der Waals surface area contributed by atoms with Crippen LogP contribution in [0.1, 0.15) is 25.8 Å². The van der Waals surface area contributed by atoms with Crippen LogP contribution in [-0.4, -0.2) is 44.5 Å². The minimum absolute atomic E-state index is 0.0503. The molecule has 174 valence electrons. The van der Waals surface area contributed by atoms with Gasteiger partial charge in [0.1, 0.15) is 6.10 Å². The van der Waals surface area contributed by atoms with E-state index in [9.17, 15) is 0 Å². The van der Waals surface area contributed by atoms with E-state index in [0.717, 1.165) is 54.6 Å². The van der Waals surface area contributed by atoms with Crippen molar-refractivity contribution in [1.82, 2.24) is 4.98 Å². The van der Waals surface area contributed by atoms with Gasteiger partial charge in [-0.1, -0.05) is 6.07 Å². The first kappa shape index (κ1) is 22.9. The van der Waals surface area contributed by atoms with Crippen molar-refractivity contribution in [3.63, 3.8) is 0 Å². The fraction of sp³-hybridized carbons (Fsp3) is 0.370. The Bertz CT molecular complexity index is 1000. The van der Waals surface area contributed by atoms with Gasteiger partial charge in [0.15, 0.2) is 11.5 Å². The Balaban J connectivity index is 1.68. The summed E-state index contributed by atoms with van der Waals surface area (Å²) in [7, 11) is 1.67. The topological polar surface area (TPSA) is 47.1 Å². The van der Waals surface area contributed by atoms with Gasteiger partial charge in [0.05, 0.1) is 20.3 Å². The molecule has 0 spiro atoms. The first-order valence-electron chi connectivity index (χ1n) is 11.7. The fourth-order valence-corrected chi connectivity index (χ4v) is 4.15. The normalized spacial score (nSPS) is 15.3. The largest absolute Gasteiger partial charge is 0.493 e. The smallest absolute Gasteiger partial charge is 0.163 e. The van der Waals surface area contributed by atoms with Crippen molar-refractivity contribution in [3.8, 4) is 11.5 Å². The Morgan fingerprint density at radius 3 is 2.36 bits per heavy atom. The molecule has 4 rings (SSSR count). The lowest BCUT2D eigenvalue weighted by Crippen LogP contribution is -2.22. The molecule has 1 aliphatic rings. The van der Waals surface area contributed by atoms with E-state index in [1.165, 1.54) is 5.69 Å². The second kappa shape index (κ2) is 11.1. The summed E-state index contributed by atoms with van der Waals surface area (Å²) in [4.78, 5) is 8.93. The van der Waals surface area contributed by atoms with Gasteiger partial charge in [-0.15, -0.1) is 0 Å². The quantitative estimate of drug-likeness (QED) is 0.412. The molecule has 6 heteroatoms. The van der Waals surface area contributed by atoms with Crippen LogP contribution in [0.4, 0.5) is 17.1 Å². The highest BCUT2D eigenvalue weighted by atomic mass is 16.6. The number of nitrogens with zero attached hydrogens (tertiary/aromatic N) is 3. The molecule has 0 saturated carbocycles. The lowest BCUT2D eigenvalue weighted by molar-refractivity contribution is 0.138. The number of hydrogen-bond donors (Lipinski definition) is 0. The summed E-state index contributed by atoms with van der Waals surface area (Å²) < 4.78 is 17.3. The lowest BCUT2D eigenvalue weighted by atomic mass is 10.1. The summed E-state index contributed by atoms with van der Waals surface area (Å²) in [6.07, 6.45) is 4.65. The van der Waals surface area contributed by atoms with Crippen molar-refractivity contribution in [1.29, 1.82) is 0 Å². The van der Waals surface area contributed by atoms with Gasteiger partial charge in [-0.05, 0) is 61.9 Å². The van der Waals surface area contributed by atoms with Crippen LogP contribution in [0.25, 0.3) is 0 Å². The zero-order valence-corrected chi connectivity index (χ0v) is 19.7. The van der Waals surface area contributed by atoms with Crippen molar-refractivity contribution < 1.29 is 14.2 Å². The Hall–Kier alpha value is -3.25. The number of aromatic nitrogens is 1. The van der Waals surface area contributed by atoms with Gasteiger partial charge in [-0.25, -0.2) is 0 Å². The first-order valence-corrected chi connectivity index (χ1v) is 11.7. The maximum Gasteiger partial charge on any atom is 0.163 e. The van der Waals surface area contributed by atoms with E-state index in [1.54, 1.807) is 13.3 Å². The molecule has 3 aromatic rings. The summed E-state index contributed by atoms with van der Waals surface area (Å²) in [5.41, 5.74) is 4.50. The van der Waals surface area contributed by atoms with Crippen LogP contribution in [0, 0.1) is 0 Å². The lowest BCUT2D eigenvalue weighted by Gasteiger charge is -2.28. The summed E-state index contributed by atoms with van der Waals surface area (Å²) in [5, 5.41) is 0. The minimum Gasteiger partial charge on any atom is -0.493 e. The second-order valence-corrected chi connectivity index (χ2v) is 8.07. The third-order valence-electron chi connectivity index (χ3n) is 5.99. The summed E-state index contributed by atoms with van der Waals surface area (Å²) in [6.45, 7) is 8.37. The standard InChI is InChI=1S/C27H33N3O3/c1-4-29(5-2)22-8-10-23(11-9-22)30(19-21-7-6-15-28-18-21)24-12-13-26(31-3)27(17-24)33-25-14-16-32-20-25/h6-13,15,17-18,25H,4-5,14,16,19-20H2,1-3H3/t25-/m1/s1. The molecule has 33 heavy (non-hydrogen) atoms. The molecule has 1 aliphatic heterocycles. The van der Waals surface area contributed by atoms with E-state index in [-0.39, 0.29) is 6.10 Å². The van der Waals surface area contributed by atoms with Gasteiger partial charge in [0.25, 0.3) is 0 Å². The summed E-state index contributed by atoms with van der Waals surface area (Å²) in [5.74, 6) is 1.46. The predicted molar refractivity (Wildman–Crippen MR) is 133 cm³/mol. The van der Waals surface area contributed by atoms with E-state index in [4.69, 9.17) is 14.2 Å². The van der Waals surface area contributed by atoms with Crippen molar-refractivity contribution in [2.24, 2.45) is 0 Å². The van der Waals surface area contributed by atoms with Crippen molar-refractivity contribution >= 4 is 17.1 Å². The molecule has 2 heterocycles. The molecule has 0 amide bonds. The highest BCUT2D eigenvalue weighted by Gasteiger charge is 2.21. The molecule has 0 N–H and O–H groups in total. The van der Waals surface area contributed by atoms with E-state index in [0.29, 0.717) is 13.2 Å². The average Bonchev–Trinajstić information content (AvgIpc) is 3.38. The van der Waals surface area contributed by atoms with Crippen LogP contribution < -0.4 is 19.3 Å². The Kier molecular flexibility index (Phi) is 7.68. The van der Waals surface area contributed by atoms with Crippen LogP contribution in [0.5, 0.6) is 11.5 Å². The number of ether oxygens (including phenoxy) is 3. The third kappa shape index (κ3) is 5.57. The van der Waals surface area contributed by atoms with Gasteiger partial charge in [-0.2, -0.15) is 0 Å². The molecule has 1 saturated heterocycles. The fourth-order valence-electron chi connectivity index (χ4n) is 4.15. The molecule has 0 bridgehead atoms. The number of rotatable bonds is 10. The Morgan fingerprint density at radius 2 is 1.73 bits per heavy atom. The number of anilines is 3. The zero-order chi connectivity index (χ0) is 23.0. The van der Waals surface area contributed by atoms with Crippen molar-refractivity contribution in [2.75, 3.05) is 43.2 Å². The molecule has 0 radical (unpaired) electrons. The SMILES string of the molecule is CCN(CC)c1ccc(N(Cc2cccnc2)c2ccc(OC)c(O[C@@H]3CCOC3)c2)cc1. The molecule has 2 aromatic carbocycles. The van der Waals surface area contributed by atoms with E-state index < -0.39 is 0 Å². The molecule has 1 fully saturated rings. The molecule has 1 atom stereocenters. The molecule has 0 aliphatic carbocycles. The number of methoxy groups -OCH3 is 1. The van der Waals surface area contributed by atoms with E-state index >= 15 is 0 Å². The predicted octanol–water partition coefficient (Wildman–Crippen LogP) is 5.44. The highest BCUT2D eigenvalue weighted by molar-refractivity contribution is 5.68. The van der Waals surface area contributed by atoms with E-state index in [1.807, 2.05) is 18.3 Å². The minimum atomic E-state index is 0.0503. The third-order valence-corrected chi connectivity index (χ3v) is 5.99. The van der Waals surface area contributed by atoms with Crippen LogP contribution in [-0.2, 0) is 11.3 Å². The maximum atomic E-state index is 6.26. The first-order chi connectivity index (χ1) is 16.2. The van der Waals surface area contributed by atoms with Gasteiger partial charge in [-0.3, -0.25) is 4.98 Å². The number of pyridine rings is 1. The van der Waals surface area contributed by atoms with Crippen molar-refractivity contribution in [3.05, 3.63) is 72.6 Å². The molecule has 0 unspecified atom stereocenters. The molecule has 6 nitrogen and oxygen atoms in total. The van der Waals surface area contributed by atoms with E-state index in [2.05, 4.69) is 71.1 Å². The maximum absolute atomic E-state index is 6.26. The molecule has 1 aromatic heterocycles. The second-order valence-electron chi connectivity index (χ2n) is 8.07. The number of hydrogen-bond acceptors (Lipinski definition) is 6. The monoisotopic (exact) mass is 447 g/mol. The van der Waals surface area contributed by atoms with Crippen LogP contribution in [0.3, 0.4) is 0 Å². The van der Waals surface area contributed by atoms with Crippen molar-refractivity contribution in [2.45, 2.75) is 32.9 Å². The Morgan fingerprint density at radius 1 is 0.970 bits per heavy atom. The zero-order valence-electron chi connectivity index (χ0n) is 19.7. The van der Waals surface area contributed by atoms with Crippen LogP contribution in [0.15, 0.2) is 67.0 Å². The highest BCUT2D eigenvalue weighted by Crippen LogP contribution is 2.37. The van der Waals surface area contributed by atoms with Gasteiger partial charge < -0.3 is 24.0 Å². The molecular formula is C27H33N3O3. The van der Waals surface area contributed by atoms with Gasteiger partial charge >= 0.3 is 0 Å². The summed E-state index contributed by atoms with van der Waals surface area (Å²) in [6, 6.07) is 18.9. The number of benzene rings is 2. The van der Waals surface area contributed by atoms with Crippen LogP contribution in [0.2, 0.25) is 0 Å². The van der Waals surface area contributed by atoms with Gasteiger partial charge in [0.2, 0.25) is 0 Å². The average molecular weight is 448 g/mol. The Labute approximate surface area is 196 Å². The summed E-state index contributed by atoms with van der Waals surface area (Å²) >= 11 is 0. The van der Waals surface area contributed by atoms with Crippen LogP contribution >= 0.6 is 0 Å².